The van der Waals surface area contributed by atoms with Crippen LogP contribution in [0, 0.1) is 11.8 Å². The van der Waals surface area contributed by atoms with Crippen molar-refractivity contribution in [2.75, 3.05) is 13.1 Å². The predicted molar refractivity (Wildman–Crippen MR) is 103 cm³/mol. The summed E-state index contributed by atoms with van der Waals surface area (Å²) < 4.78 is 1.44. The molecule has 1 aliphatic rings. The van der Waals surface area contributed by atoms with E-state index in [1.807, 2.05) is 43.9 Å². The van der Waals surface area contributed by atoms with Gasteiger partial charge in [-0.2, -0.15) is 5.10 Å². The summed E-state index contributed by atoms with van der Waals surface area (Å²) in [5.74, 6) is 0.631. The van der Waals surface area contributed by atoms with Gasteiger partial charge >= 0.3 is 0 Å². The molecule has 0 spiro atoms. The fourth-order valence-electron chi connectivity index (χ4n) is 3.64. The van der Waals surface area contributed by atoms with Gasteiger partial charge in [0.05, 0.1) is 5.39 Å². The smallest absolute Gasteiger partial charge is 0.274 e. The molecule has 0 saturated carbocycles. The lowest BCUT2D eigenvalue weighted by Gasteiger charge is -2.33. The van der Waals surface area contributed by atoms with E-state index in [1.165, 1.54) is 4.68 Å². The van der Waals surface area contributed by atoms with Gasteiger partial charge in [0.25, 0.3) is 11.5 Å². The number of carbonyl (C=O) groups excluding carboxylic acids is 1. The number of carbonyl (C=O) groups is 1. The molecule has 6 nitrogen and oxygen atoms in total. The highest BCUT2D eigenvalue weighted by Gasteiger charge is 2.28. The summed E-state index contributed by atoms with van der Waals surface area (Å²) in [6.07, 6.45) is 1.82. The van der Waals surface area contributed by atoms with Crippen LogP contribution in [0.15, 0.2) is 29.1 Å². The zero-order valence-corrected chi connectivity index (χ0v) is 15.8. The largest absolute Gasteiger partial charge is 0.337 e. The van der Waals surface area contributed by atoms with Crippen molar-refractivity contribution in [2.24, 2.45) is 17.6 Å². The Balaban J connectivity index is 1.97. The first kappa shape index (κ1) is 18.6. The maximum atomic E-state index is 13.2. The summed E-state index contributed by atoms with van der Waals surface area (Å²) >= 11 is 0. The number of fused-ring (bicyclic) bond motifs is 1. The van der Waals surface area contributed by atoms with Crippen molar-refractivity contribution in [1.29, 1.82) is 0 Å². The fraction of sp³-hybridized carbons (Fsp3) is 0.550. The molecule has 140 valence electrons. The van der Waals surface area contributed by atoms with Crippen molar-refractivity contribution in [3.8, 4) is 0 Å². The Morgan fingerprint density at radius 2 is 1.81 bits per heavy atom. The number of amides is 1. The molecule has 0 radical (unpaired) electrons. The second-order valence-corrected chi connectivity index (χ2v) is 7.76. The van der Waals surface area contributed by atoms with Gasteiger partial charge in [-0.3, -0.25) is 9.59 Å². The lowest BCUT2D eigenvalue weighted by molar-refractivity contribution is 0.0674. The monoisotopic (exact) mass is 356 g/mol. The molecule has 2 heterocycles. The Bertz CT molecular complexity index is 849. The molecule has 0 bridgehead atoms. The second kappa shape index (κ2) is 7.58. The Morgan fingerprint density at radius 1 is 1.19 bits per heavy atom. The topological polar surface area (TPSA) is 81.2 Å². The van der Waals surface area contributed by atoms with Crippen LogP contribution < -0.4 is 11.3 Å². The molecule has 1 aromatic carbocycles. The van der Waals surface area contributed by atoms with Gasteiger partial charge in [-0.05, 0) is 37.7 Å². The molecular weight excluding hydrogens is 328 g/mol. The molecule has 3 rings (SSSR count). The lowest BCUT2D eigenvalue weighted by atomic mass is 9.91. The van der Waals surface area contributed by atoms with Crippen LogP contribution in [-0.4, -0.2) is 39.7 Å². The summed E-state index contributed by atoms with van der Waals surface area (Å²) in [6, 6.07) is 7.40. The molecule has 1 aromatic heterocycles. The molecule has 1 fully saturated rings. The summed E-state index contributed by atoms with van der Waals surface area (Å²) in [7, 11) is 0. The SMILES string of the molecule is CC(C)Cn1nc(C(=O)N2CCC(C(C)N)CC2)c2ccccc2c1=O. The first-order chi connectivity index (χ1) is 12.4. The molecule has 1 amide bonds. The standard InChI is InChI=1S/C20H28N4O2/c1-13(2)12-24-19(25)17-7-5-4-6-16(17)18(22-24)20(26)23-10-8-15(9-11-23)14(3)21/h4-7,13-15H,8-12,21H2,1-3H3. The van der Waals surface area contributed by atoms with E-state index in [-0.39, 0.29) is 23.4 Å². The van der Waals surface area contributed by atoms with Crippen LogP contribution >= 0.6 is 0 Å². The minimum atomic E-state index is -0.137. The highest BCUT2D eigenvalue weighted by Crippen LogP contribution is 2.22. The van der Waals surface area contributed by atoms with Gasteiger partial charge in [0.2, 0.25) is 0 Å². The minimum absolute atomic E-state index is 0.0955. The number of likely N-dealkylation sites (tertiary alicyclic amines) is 1. The Hall–Kier alpha value is -2.21. The molecule has 2 N–H and O–H groups in total. The maximum Gasteiger partial charge on any atom is 0.274 e. The summed E-state index contributed by atoms with van der Waals surface area (Å²) in [5, 5.41) is 5.65. The van der Waals surface area contributed by atoms with Gasteiger partial charge in [0, 0.05) is 31.1 Å². The van der Waals surface area contributed by atoms with E-state index in [0.717, 1.165) is 12.8 Å². The molecule has 1 unspecified atom stereocenters. The van der Waals surface area contributed by atoms with Gasteiger partial charge in [-0.1, -0.05) is 32.0 Å². The van der Waals surface area contributed by atoms with Crippen LogP contribution in [0.25, 0.3) is 10.8 Å². The van der Waals surface area contributed by atoms with E-state index >= 15 is 0 Å². The normalized spacial score (nSPS) is 17.0. The van der Waals surface area contributed by atoms with Crippen molar-refractivity contribution in [2.45, 2.75) is 46.2 Å². The number of nitrogens with zero attached hydrogens (tertiary/aromatic N) is 3. The molecule has 1 aliphatic heterocycles. The molecule has 6 heteroatoms. The third kappa shape index (κ3) is 3.65. The van der Waals surface area contributed by atoms with Crippen molar-refractivity contribution >= 4 is 16.7 Å². The van der Waals surface area contributed by atoms with Crippen molar-refractivity contribution in [3.05, 3.63) is 40.3 Å². The average Bonchev–Trinajstić information content (AvgIpc) is 2.63. The van der Waals surface area contributed by atoms with Crippen LogP contribution in [0.4, 0.5) is 0 Å². The number of rotatable bonds is 4. The number of nitrogens with two attached hydrogens (primary N) is 1. The maximum absolute atomic E-state index is 13.2. The van der Waals surface area contributed by atoms with Crippen LogP contribution in [0.2, 0.25) is 0 Å². The van der Waals surface area contributed by atoms with Crippen molar-refractivity contribution in [3.63, 3.8) is 0 Å². The molecule has 1 atom stereocenters. The Morgan fingerprint density at radius 3 is 2.38 bits per heavy atom. The number of hydrogen-bond donors (Lipinski definition) is 1. The van der Waals surface area contributed by atoms with Gasteiger partial charge in [0.15, 0.2) is 5.69 Å². The third-order valence-corrected chi connectivity index (χ3v) is 5.18. The van der Waals surface area contributed by atoms with E-state index in [9.17, 15) is 9.59 Å². The van der Waals surface area contributed by atoms with Crippen LogP contribution in [0.3, 0.4) is 0 Å². The predicted octanol–water partition coefficient (Wildman–Crippen LogP) is 2.25. The van der Waals surface area contributed by atoms with E-state index in [1.54, 1.807) is 6.07 Å². The molecular formula is C20H28N4O2. The van der Waals surface area contributed by atoms with Gasteiger partial charge in [-0.15, -0.1) is 0 Å². The zero-order chi connectivity index (χ0) is 18.8. The van der Waals surface area contributed by atoms with Gasteiger partial charge in [0.1, 0.15) is 0 Å². The van der Waals surface area contributed by atoms with E-state index in [0.29, 0.717) is 42.0 Å². The second-order valence-electron chi connectivity index (χ2n) is 7.76. The number of piperidine rings is 1. The Labute approximate surface area is 154 Å². The summed E-state index contributed by atoms with van der Waals surface area (Å²) in [4.78, 5) is 27.7. The summed E-state index contributed by atoms with van der Waals surface area (Å²) in [6.45, 7) is 7.96. The fourth-order valence-corrected chi connectivity index (χ4v) is 3.64. The highest BCUT2D eigenvalue weighted by molar-refractivity contribution is 6.04. The first-order valence-electron chi connectivity index (χ1n) is 9.43. The van der Waals surface area contributed by atoms with Crippen LogP contribution in [0.5, 0.6) is 0 Å². The lowest BCUT2D eigenvalue weighted by Crippen LogP contribution is -2.43. The molecule has 26 heavy (non-hydrogen) atoms. The van der Waals surface area contributed by atoms with Crippen LogP contribution in [-0.2, 0) is 6.54 Å². The molecule has 2 aromatic rings. The van der Waals surface area contributed by atoms with Gasteiger partial charge in [-0.25, -0.2) is 4.68 Å². The van der Waals surface area contributed by atoms with Crippen LogP contribution in [0.1, 0.15) is 44.1 Å². The molecule has 1 saturated heterocycles. The number of hydrogen-bond acceptors (Lipinski definition) is 4. The van der Waals surface area contributed by atoms with Crippen molar-refractivity contribution < 1.29 is 4.79 Å². The van der Waals surface area contributed by atoms with Gasteiger partial charge < -0.3 is 10.6 Å². The Kier molecular flexibility index (Phi) is 5.41. The van der Waals surface area contributed by atoms with Crippen molar-refractivity contribution in [1.82, 2.24) is 14.7 Å². The minimum Gasteiger partial charge on any atom is -0.337 e. The van der Waals surface area contributed by atoms with E-state index in [2.05, 4.69) is 5.10 Å². The summed E-state index contributed by atoms with van der Waals surface area (Å²) in [5.41, 5.74) is 6.24. The zero-order valence-electron chi connectivity index (χ0n) is 15.8. The molecule has 0 aliphatic carbocycles. The van der Waals surface area contributed by atoms with E-state index < -0.39 is 0 Å². The third-order valence-electron chi connectivity index (χ3n) is 5.18. The number of benzene rings is 1. The quantitative estimate of drug-likeness (QED) is 0.911. The number of aromatic nitrogens is 2. The average molecular weight is 356 g/mol. The first-order valence-corrected chi connectivity index (χ1v) is 9.43. The van der Waals surface area contributed by atoms with E-state index in [4.69, 9.17) is 5.73 Å². The highest BCUT2D eigenvalue weighted by atomic mass is 16.2.